The van der Waals surface area contributed by atoms with E-state index in [4.69, 9.17) is 0 Å². The monoisotopic (exact) mass is 448 g/mol. The summed E-state index contributed by atoms with van der Waals surface area (Å²) < 4.78 is 0. The Balaban J connectivity index is 1.34. The molecule has 0 N–H and O–H groups in total. The molecule has 0 heterocycles. The maximum absolute atomic E-state index is 2.44. The highest BCUT2D eigenvalue weighted by atomic mass is 14.4. The molecule has 0 bridgehead atoms. The highest BCUT2D eigenvalue weighted by Gasteiger charge is 2.32. The van der Waals surface area contributed by atoms with Crippen LogP contribution in [0.5, 0.6) is 0 Å². The minimum atomic E-state index is -0.137. The third-order valence-electron chi connectivity index (χ3n) is 9.66. The lowest BCUT2D eigenvalue weighted by atomic mass is 9.69. The quantitative estimate of drug-likeness (QED) is 0.316. The van der Waals surface area contributed by atoms with Gasteiger partial charge < -0.3 is 0 Å². The first kappa shape index (κ1) is 22.1. The molecular weight excluding hydrogens is 408 g/mol. The maximum Gasteiger partial charge on any atom is 0.0423 e. The van der Waals surface area contributed by atoms with Gasteiger partial charge in [-0.1, -0.05) is 111 Å². The summed E-state index contributed by atoms with van der Waals surface area (Å²) in [4.78, 5) is 0. The molecule has 0 aliphatic heterocycles. The van der Waals surface area contributed by atoms with Crippen LogP contribution in [-0.4, -0.2) is 0 Å². The maximum atomic E-state index is 2.44. The van der Waals surface area contributed by atoms with Crippen molar-refractivity contribution in [3.05, 3.63) is 106 Å². The van der Waals surface area contributed by atoms with Crippen molar-refractivity contribution in [1.29, 1.82) is 0 Å². The molecule has 3 saturated carbocycles. The van der Waals surface area contributed by atoms with E-state index in [0.29, 0.717) is 0 Å². The number of benzene rings is 3. The molecule has 0 heteroatoms. The predicted molar refractivity (Wildman–Crippen MR) is 144 cm³/mol. The van der Waals surface area contributed by atoms with Crippen molar-refractivity contribution in [3.8, 4) is 0 Å². The lowest BCUT2D eigenvalue weighted by Gasteiger charge is -2.34. The van der Waals surface area contributed by atoms with Crippen molar-refractivity contribution >= 4 is 0 Å². The standard InChI is InChI=1S/C34H40/c1-34(32-20-14-29(15-21-32)27-8-4-9-27,33-22-16-30(17-23-33)28-10-5-11-28)31-18-12-26(13-19-31)24-25-6-2-3-7-25/h12-23,25,27-28H,2-11,24H2,1H3. The molecule has 3 aromatic rings. The van der Waals surface area contributed by atoms with Gasteiger partial charge in [0.2, 0.25) is 0 Å². The van der Waals surface area contributed by atoms with Gasteiger partial charge in [-0.25, -0.2) is 0 Å². The van der Waals surface area contributed by atoms with Crippen molar-refractivity contribution in [3.63, 3.8) is 0 Å². The molecule has 176 valence electrons. The topological polar surface area (TPSA) is 0 Å². The fourth-order valence-electron chi connectivity index (χ4n) is 6.68. The van der Waals surface area contributed by atoms with Gasteiger partial charge in [-0.15, -0.1) is 0 Å². The zero-order chi connectivity index (χ0) is 23.0. The lowest BCUT2D eigenvalue weighted by Crippen LogP contribution is -2.26. The Morgan fingerprint density at radius 3 is 1.32 bits per heavy atom. The summed E-state index contributed by atoms with van der Waals surface area (Å²) in [5, 5.41) is 0. The van der Waals surface area contributed by atoms with Crippen LogP contribution >= 0.6 is 0 Å². The molecule has 0 radical (unpaired) electrons. The fourth-order valence-corrected chi connectivity index (χ4v) is 6.68. The average molecular weight is 449 g/mol. The van der Waals surface area contributed by atoms with Gasteiger partial charge in [0.1, 0.15) is 0 Å². The van der Waals surface area contributed by atoms with Crippen LogP contribution in [0.1, 0.15) is 116 Å². The highest BCUT2D eigenvalue weighted by Crippen LogP contribution is 2.43. The smallest absolute Gasteiger partial charge is 0.0423 e. The van der Waals surface area contributed by atoms with Crippen LogP contribution in [0.3, 0.4) is 0 Å². The Bertz CT molecular complexity index is 1010. The third-order valence-corrected chi connectivity index (χ3v) is 9.66. The second-order valence-corrected chi connectivity index (χ2v) is 11.7. The molecule has 0 unspecified atom stereocenters. The lowest BCUT2D eigenvalue weighted by molar-refractivity contribution is 0.419. The van der Waals surface area contributed by atoms with E-state index in [1.54, 1.807) is 0 Å². The van der Waals surface area contributed by atoms with Gasteiger partial charge in [-0.2, -0.15) is 0 Å². The van der Waals surface area contributed by atoms with E-state index in [9.17, 15) is 0 Å². The first-order chi connectivity index (χ1) is 16.7. The van der Waals surface area contributed by atoms with Crippen LogP contribution in [0.15, 0.2) is 72.8 Å². The van der Waals surface area contributed by atoms with Crippen molar-refractivity contribution in [2.75, 3.05) is 0 Å². The summed E-state index contributed by atoms with van der Waals surface area (Å²) in [6.07, 6.45) is 15.2. The first-order valence-corrected chi connectivity index (χ1v) is 14.0. The molecule has 0 spiro atoms. The van der Waals surface area contributed by atoms with Gasteiger partial charge in [0.25, 0.3) is 0 Å². The first-order valence-electron chi connectivity index (χ1n) is 14.0. The third kappa shape index (κ3) is 4.15. The van der Waals surface area contributed by atoms with Gasteiger partial charge in [0.05, 0.1) is 0 Å². The van der Waals surface area contributed by atoms with Crippen molar-refractivity contribution in [2.45, 2.75) is 94.8 Å². The molecule has 0 atom stereocenters. The molecule has 0 aromatic heterocycles. The number of rotatable bonds is 7. The molecule has 3 fully saturated rings. The summed E-state index contributed by atoms with van der Waals surface area (Å²) in [7, 11) is 0. The molecule has 0 amide bonds. The van der Waals surface area contributed by atoms with Gasteiger partial charge in [-0.3, -0.25) is 0 Å². The fraction of sp³-hybridized carbons (Fsp3) is 0.471. The Morgan fingerprint density at radius 2 is 0.941 bits per heavy atom. The summed E-state index contributed by atoms with van der Waals surface area (Å²) in [6, 6.07) is 29.0. The van der Waals surface area contributed by atoms with Crippen LogP contribution in [0, 0.1) is 5.92 Å². The van der Waals surface area contributed by atoms with E-state index in [-0.39, 0.29) is 5.41 Å². The SMILES string of the molecule is CC(c1ccc(CC2CCCC2)cc1)(c1ccc(C2CCC2)cc1)c1ccc(C2CCC2)cc1. The zero-order valence-corrected chi connectivity index (χ0v) is 20.9. The van der Waals surface area contributed by atoms with Crippen molar-refractivity contribution in [2.24, 2.45) is 5.92 Å². The van der Waals surface area contributed by atoms with Gasteiger partial charge in [-0.05, 0) is 90.2 Å². The number of hydrogen-bond acceptors (Lipinski definition) is 0. The molecule has 3 aliphatic carbocycles. The molecule has 6 rings (SSSR count). The van der Waals surface area contributed by atoms with E-state index >= 15 is 0 Å². The summed E-state index contributed by atoms with van der Waals surface area (Å²) in [5.74, 6) is 2.48. The largest absolute Gasteiger partial charge is 0.0587 e. The molecule has 3 aromatic carbocycles. The molecule has 34 heavy (non-hydrogen) atoms. The van der Waals surface area contributed by atoms with Crippen LogP contribution in [-0.2, 0) is 11.8 Å². The summed E-state index contributed by atoms with van der Waals surface area (Å²) in [5.41, 5.74) is 8.68. The highest BCUT2D eigenvalue weighted by molar-refractivity contribution is 5.51. The second kappa shape index (κ2) is 9.37. The second-order valence-electron chi connectivity index (χ2n) is 11.7. The van der Waals surface area contributed by atoms with Gasteiger partial charge in [0, 0.05) is 5.41 Å². The summed E-state index contributed by atoms with van der Waals surface area (Å²) >= 11 is 0. The number of hydrogen-bond donors (Lipinski definition) is 0. The van der Waals surface area contributed by atoms with Crippen LogP contribution < -0.4 is 0 Å². The Morgan fingerprint density at radius 1 is 0.529 bits per heavy atom. The normalized spacial score (nSPS) is 19.7. The van der Waals surface area contributed by atoms with E-state index < -0.39 is 0 Å². The van der Waals surface area contributed by atoms with Crippen LogP contribution in [0.25, 0.3) is 0 Å². The van der Waals surface area contributed by atoms with E-state index in [0.717, 1.165) is 17.8 Å². The molecule has 0 nitrogen and oxygen atoms in total. The molecule has 0 saturated heterocycles. The van der Waals surface area contributed by atoms with Crippen molar-refractivity contribution in [1.82, 2.24) is 0 Å². The minimum absolute atomic E-state index is 0.137. The summed E-state index contributed by atoms with van der Waals surface area (Å²) in [6.45, 7) is 2.44. The minimum Gasteiger partial charge on any atom is -0.0587 e. The van der Waals surface area contributed by atoms with Gasteiger partial charge >= 0.3 is 0 Å². The Kier molecular flexibility index (Phi) is 6.10. The zero-order valence-electron chi connectivity index (χ0n) is 20.9. The molecular formula is C34H40. The van der Waals surface area contributed by atoms with E-state index in [1.807, 2.05) is 0 Å². The van der Waals surface area contributed by atoms with Crippen LogP contribution in [0.2, 0.25) is 0 Å². The van der Waals surface area contributed by atoms with E-state index in [1.165, 1.54) is 104 Å². The Hall–Kier alpha value is -2.34. The van der Waals surface area contributed by atoms with E-state index in [2.05, 4.69) is 79.7 Å². The average Bonchev–Trinajstić information content (AvgIpc) is 3.31. The van der Waals surface area contributed by atoms with Crippen molar-refractivity contribution < 1.29 is 0 Å². The predicted octanol–water partition coefficient (Wildman–Crippen LogP) is 9.31. The Labute approximate surface area is 206 Å². The van der Waals surface area contributed by atoms with Crippen LogP contribution in [0.4, 0.5) is 0 Å². The molecule has 3 aliphatic rings. The van der Waals surface area contributed by atoms with Gasteiger partial charge in [0.15, 0.2) is 0 Å².